The summed E-state index contributed by atoms with van der Waals surface area (Å²) < 4.78 is 11.1. The van der Waals surface area contributed by atoms with Crippen LogP contribution in [0.3, 0.4) is 0 Å². The van der Waals surface area contributed by atoms with Gasteiger partial charge in [-0.2, -0.15) is 0 Å². The molecule has 2 aliphatic heterocycles. The zero-order chi connectivity index (χ0) is 24.5. The number of rotatable bonds is 5. The maximum atomic E-state index is 13.2. The summed E-state index contributed by atoms with van der Waals surface area (Å²) in [6.45, 7) is 0.745. The minimum absolute atomic E-state index is 0.0176. The maximum absolute atomic E-state index is 13.2. The SMILES string of the molecule is O=C1C(=O)N(Cc2cccnc2)[C@@H](c2cccc([N+](=O)[O-])c2)C1=C(O)c1ccc2c(c1)OCCO2. The van der Waals surface area contributed by atoms with Gasteiger partial charge in [0.15, 0.2) is 11.5 Å². The predicted octanol–water partition coefficient (Wildman–Crippen LogP) is 3.38. The third-order valence-corrected chi connectivity index (χ3v) is 5.83. The van der Waals surface area contributed by atoms with Crippen LogP contribution < -0.4 is 9.47 Å². The van der Waals surface area contributed by atoms with Crippen LogP contribution in [0, 0.1) is 10.1 Å². The molecule has 1 N–H and O–H groups in total. The van der Waals surface area contributed by atoms with Gasteiger partial charge in [0.2, 0.25) is 0 Å². The number of non-ortho nitro benzene ring substituents is 1. The summed E-state index contributed by atoms with van der Waals surface area (Å²) in [5.74, 6) is -1.23. The molecule has 0 bridgehead atoms. The van der Waals surface area contributed by atoms with Gasteiger partial charge in [-0.15, -0.1) is 0 Å². The Hall–Kier alpha value is -4.73. The molecule has 0 radical (unpaired) electrons. The lowest BCUT2D eigenvalue weighted by atomic mass is 9.94. The summed E-state index contributed by atoms with van der Waals surface area (Å²) in [5.41, 5.74) is 0.861. The molecule has 3 aromatic rings. The van der Waals surface area contributed by atoms with Crippen LogP contribution in [0.1, 0.15) is 22.7 Å². The van der Waals surface area contributed by atoms with Gasteiger partial charge >= 0.3 is 0 Å². The van der Waals surface area contributed by atoms with E-state index in [4.69, 9.17) is 9.47 Å². The average molecular weight is 473 g/mol. The van der Waals surface area contributed by atoms with Crippen LogP contribution in [0.5, 0.6) is 11.5 Å². The van der Waals surface area contributed by atoms with Crippen molar-refractivity contribution in [2.45, 2.75) is 12.6 Å². The molecular formula is C25H19N3O7. The van der Waals surface area contributed by atoms with Crippen molar-refractivity contribution in [1.82, 2.24) is 9.88 Å². The van der Waals surface area contributed by atoms with E-state index >= 15 is 0 Å². The number of Topliss-reactive ketones (excluding diaryl/α,β-unsaturated/α-hetero) is 1. The fourth-order valence-electron chi connectivity index (χ4n) is 4.23. The third kappa shape index (κ3) is 4.05. The highest BCUT2D eigenvalue weighted by atomic mass is 16.6. The minimum Gasteiger partial charge on any atom is -0.507 e. The number of fused-ring (bicyclic) bond motifs is 1. The molecule has 1 fully saturated rings. The Morgan fingerprint density at radius 1 is 1.09 bits per heavy atom. The molecule has 35 heavy (non-hydrogen) atoms. The molecule has 0 unspecified atom stereocenters. The normalized spacial score (nSPS) is 18.5. The zero-order valence-corrected chi connectivity index (χ0v) is 18.3. The Balaban J connectivity index is 1.65. The minimum atomic E-state index is -1.05. The summed E-state index contributed by atoms with van der Waals surface area (Å²) in [7, 11) is 0. The van der Waals surface area contributed by atoms with Crippen LogP contribution in [-0.4, -0.2) is 44.8 Å². The van der Waals surface area contributed by atoms with Crippen molar-refractivity contribution in [3.8, 4) is 11.5 Å². The molecular weight excluding hydrogens is 454 g/mol. The van der Waals surface area contributed by atoms with Crippen LogP contribution in [0.15, 0.2) is 72.6 Å². The molecule has 1 saturated heterocycles. The average Bonchev–Trinajstić information content (AvgIpc) is 3.13. The van der Waals surface area contributed by atoms with Gasteiger partial charge in [0, 0.05) is 36.6 Å². The number of benzene rings is 2. The number of hydrogen-bond acceptors (Lipinski definition) is 8. The summed E-state index contributed by atoms with van der Waals surface area (Å²) in [6.07, 6.45) is 3.14. The highest BCUT2D eigenvalue weighted by Gasteiger charge is 2.46. The first-order chi connectivity index (χ1) is 16.9. The van der Waals surface area contributed by atoms with E-state index in [-0.39, 0.29) is 23.4 Å². The Morgan fingerprint density at radius 2 is 1.89 bits per heavy atom. The lowest BCUT2D eigenvalue weighted by Gasteiger charge is -2.25. The molecule has 10 heteroatoms. The standard InChI is InChI=1S/C25H19N3O7/c29-23(17-6-7-19-20(12-17)35-10-9-34-19)21-22(16-4-1-5-18(11-16)28(32)33)27(25(31)24(21)30)14-15-3-2-8-26-13-15/h1-8,11-13,22,29H,9-10,14H2/t22-/m0/s1. The topological polar surface area (TPSA) is 132 Å². The molecule has 1 aromatic heterocycles. The highest BCUT2D eigenvalue weighted by molar-refractivity contribution is 6.46. The van der Waals surface area contributed by atoms with E-state index in [1.165, 1.54) is 29.2 Å². The van der Waals surface area contributed by atoms with Gasteiger partial charge in [-0.3, -0.25) is 24.7 Å². The second-order valence-electron chi connectivity index (χ2n) is 8.00. The summed E-state index contributed by atoms with van der Waals surface area (Å²) in [5, 5.41) is 22.6. The molecule has 0 saturated carbocycles. The molecule has 0 aliphatic carbocycles. The van der Waals surface area contributed by atoms with Crippen molar-refractivity contribution >= 4 is 23.1 Å². The molecule has 176 valence electrons. The van der Waals surface area contributed by atoms with Gasteiger partial charge in [0.25, 0.3) is 17.4 Å². The highest BCUT2D eigenvalue weighted by Crippen LogP contribution is 2.42. The van der Waals surface area contributed by atoms with Crippen molar-refractivity contribution < 1.29 is 29.1 Å². The lowest BCUT2D eigenvalue weighted by Crippen LogP contribution is -2.29. The second kappa shape index (κ2) is 8.90. The quantitative estimate of drug-likeness (QED) is 0.196. The van der Waals surface area contributed by atoms with Crippen molar-refractivity contribution in [2.24, 2.45) is 0 Å². The molecule has 2 aliphatic rings. The molecule has 0 spiro atoms. The van der Waals surface area contributed by atoms with Gasteiger partial charge in [-0.25, -0.2) is 0 Å². The number of carbonyl (C=O) groups excluding carboxylic acids is 2. The van der Waals surface area contributed by atoms with Gasteiger partial charge < -0.3 is 19.5 Å². The van der Waals surface area contributed by atoms with Crippen molar-refractivity contribution in [3.63, 3.8) is 0 Å². The fraction of sp³-hybridized carbons (Fsp3) is 0.160. The first-order valence-corrected chi connectivity index (χ1v) is 10.8. The van der Waals surface area contributed by atoms with Gasteiger partial charge in [-0.05, 0) is 35.4 Å². The number of nitrogens with zero attached hydrogens (tertiary/aromatic N) is 3. The maximum Gasteiger partial charge on any atom is 0.295 e. The Kier molecular flexibility index (Phi) is 5.61. The van der Waals surface area contributed by atoms with Gasteiger partial charge in [-0.1, -0.05) is 18.2 Å². The number of pyridine rings is 1. The summed E-state index contributed by atoms with van der Waals surface area (Å²) >= 11 is 0. The third-order valence-electron chi connectivity index (χ3n) is 5.83. The number of aliphatic hydroxyl groups is 1. The number of ether oxygens (including phenoxy) is 2. The number of carbonyl (C=O) groups is 2. The Morgan fingerprint density at radius 3 is 2.63 bits per heavy atom. The first kappa shape index (κ1) is 22.1. The van der Waals surface area contributed by atoms with E-state index < -0.39 is 28.4 Å². The summed E-state index contributed by atoms with van der Waals surface area (Å²) in [6, 6.07) is 12.8. The second-order valence-corrected chi connectivity index (χ2v) is 8.00. The number of nitro benzene ring substituents is 1. The van der Waals surface area contributed by atoms with E-state index in [9.17, 15) is 24.8 Å². The molecule has 2 aromatic carbocycles. The van der Waals surface area contributed by atoms with Crippen LogP contribution in [0.4, 0.5) is 5.69 Å². The molecule has 10 nitrogen and oxygen atoms in total. The lowest BCUT2D eigenvalue weighted by molar-refractivity contribution is -0.384. The number of nitro groups is 1. The number of ketones is 1. The van der Waals surface area contributed by atoms with Crippen LogP contribution in [0.25, 0.3) is 5.76 Å². The number of hydrogen-bond donors (Lipinski definition) is 1. The van der Waals surface area contributed by atoms with Crippen molar-refractivity contribution in [3.05, 3.63) is 99.4 Å². The fourth-order valence-corrected chi connectivity index (χ4v) is 4.23. The van der Waals surface area contributed by atoms with E-state index in [1.807, 2.05) is 0 Å². The van der Waals surface area contributed by atoms with E-state index in [2.05, 4.69) is 4.98 Å². The first-order valence-electron chi connectivity index (χ1n) is 10.8. The zero-order valence-electron chi connectivity index (χ0n) is 18.3. The van der Waals surface area contributed by atoms with Crippen molar-refractivity contribution in [1.29, 1.82) is 0 Å². The molecule has 3 heterocycles. The van der Waals surface area contributed by atoms with Crippen LogP contribution in [-0.2, 0) is 16.1 Å². The monoisotopic (exact) mass is 473 g/mol. The van der Waals surface area contributed by atoms with Crippen molar-refractivity contribution in [2.75, 3.05) is 13.2 Å². The number of amides is 1. The largest absolute Gasteiger partial charge is 0.507 e. The smallest absolute Gasteiger partial charge is 0.295 e. The Bertz CT molecular complexity index is 1370. The Labute approximate surface area is 199 Å². The van der Waals surface area contributed by atoms with E-state index in [1.54, 1.807) is 42.7 Å². The molecule has 5 rings (SSSR count). The van der Waals surface area contributed by atoms with E-state index in [0.717, 1.165) is 0 Å². The molecule has 1 amide bonds. The van der Waals surface area contributed by atoms with Gasteiger partial charge in [0.1, 0.15) is 19.0 Å². The molecule has 1 atom stereocenters. The predicted molar refractivity (Wildman–Crippen MR) is 123 cm³/mol. The number of likely N-dealkylation sites (tertiary alicyclic amines) is 1. The number of aromatic nitrogens is 1. The summed E-state index contributed by atoms with van der Waals surface area (Å²) in [4.78, 5) is 42.5. The van der Waals surface area contributed by atoms with Crippen LogP contribution in [0.2, 0.25) is 0 Å². The van der Waals surface area contributed by atoms with Gasteiger partial charge in [0.05, 0.1) is 16.5 Å². The number of aliphatic hydroxyl groups excluding tert-OH is 1. The van der Waals surface area contributed by atoms with E-state index in [0.29, 0.717) is 35.8 Å². The van der Waals surface area contributed by atoms with Crippen LogP contribution >= 0.6 is 0 Å².